The number of aromatic nitrogens is 4. The van der Waals surface area contributed by atoms with Gasteiger partial charge < -0.3 is 0 Å². The van der Waals surface area contributed by atoms with E-state index >= 15 is 0 Å². The summed E-state index contributed by atoms with van der Waals surface area (Å²) in [4.78, 5) is 0. The topological polar surface area (TPSA) is 104 Å². The molecule has 0 atom stereocenters. The van der Waals surface area contributed by atoms with Crippen molar-refractivity contribution in [3.05, 3.63) is 68.8 Å². The Morgan fingerprint density at radius 2 is 1.11 bits per heavy atom. The molecule has 0 aliphatic carbocycles. The Kier molecular flexibility index (Phi) is 6.56. The van der Waals surface area contributed by atoms with Crippen LogP contribution >= 0.6 is 54.5 Å². The van der Waals surface area contributed by atoms with Crippen molar-refractivity contribution in [2.45, 2.75) is 8.42 Å². The molecule has 0 radical (unpaired) electrons. The summed E-state index contributed by atoms with van der Waals surface area (Å²) in [6.07, 6.45) is 5.67. The van der Waals surface area contributed by atoms with Crippen LogP contribution in [0.3, 0.4) is 0 Å². The lowest BCUT2D eigenvalue weighted by Gasteiger charge is -1.99. The van der Waals surface area contributed by atoms with E-state index in [1.807, 2.05) is 0 Å². The van der Waals surface area contributed by atoms with E-state index in [0.29, 0.717) is 0 Å². The monoisotopic (exact) mass is 584 g/mol. The minimum absolute atomic E-state index is 0.271. The van der Waals surface area contributed by atoms with Crippen LogP contribution in [0.25, 0.3) is 0 Å². The number of halogens is 2. The molecular formula is C14H10Br2N4O4S4. The molecule has 0 saturated carbocycles. The molecule has 28 heavy (non-hydrogen) atoms. The molecule has 0 aromatic carbocycles. The Bertz CT molecular complexity index is 1160. The molecular weight excluding hydrogens is 576 g/mol. The summed E-state index contributed by atoms with van der Waals surface area (Å²) in [6.45, 7) is 0. The van der Waals surface area contributed by atoms with Gasteiger partial charge in [0.1, 0.15) is 8.42 Å². The van der Waals surface area contributed by atoms with Gasteiger partial charge in [-0.25, -0.2) is 0 Å². The van der Waals surface area contributed by atoms with Crippen molar-refractivity contribution >= 4 is 74.6 Å². The molecule has 4 heterocycles. The fourth-order valence-corrected chi connectivity index (χ4v) is 8.24. The molecule has 0 saturated heterocycles. The highest BCUT2D eigenvalue weighted by atomic mass is 79.9. The highest BCUT2D eigenvalue weighted by Gasteiger charge is 2.19. The maximum atomic E-state index is 11.8. The molecule has 0 N–H and O–H groups in total. The van der Waals surface area contributed by atoms with Gasteiger partial charge in [0.25, 0.3) is 20.0 Å². The first kappa shape index (κ1) is 21.4. The number of hydrogen-bond acceptors (Lipinski definition) is 8. The third-order valence-electron chi connectivity index (χ3n) is 3.06. The van der Waals surface area contributed by atoms with E-state index in [2.05, 4.69) is 42.1 Å². The van der Waals surface area contributed by atoms with Gasteiger partial charge in [0.15, 0.2) is 0 Å². The van der Waals surface area contributed by atoms with E-state index in [1.165, 1.54) is 24.8 Å². The molecule has 0 unspecified atom stereocenters. The van der Waals surface area contributed by atoms with E-state index in [-0.39, 0.29) is 8.42 Å². The van der Waals surface area contributed by atoms with E-state index in [4.69, 9.17) is 0 Å². The third kappa shape index (κ3) is 4.63. The molecule has 0 fully saturated rings. The highest BCUT2D eigenvalue weighted by Crippen LogP contribution is 2.28. The zero-order valence-electron chi connectivity index (χ0n) is 13.6. The molecule has 0 aliphatic rings. The first-order chi connectivity index (χ1) is 13.2. The highest BCUT2D eigenvalue weighted by molar-refractivity contribution is 9.11. The third-order valence-corrected chi connectivity index (χ3v) is 10.4. The minimum atomic E-state index is -3.48. The van der Waals surface area contributed by atoms with Crippen molar-refractivity contribution in [3.63, 3.8) is 0 Å². The summed E-state index contributed by atoms with van der Waals surface area (Å²) >= 11 is 8.75. The average molecular weight is 586 g/mol. The fraction of sp³-hybridized carbons (Fsp3) is 0. The fourth-order valence-electron chi connectivity index (χ4n) is 1.85. The number of rotatable bonds is 4. The quantitative estimate of drug-likeness (QED) is 0.360. The van der Waals surface area contributed by atoms with Gasteiger partial charge >= 0.3 is 0 Å². The smallest absolute Gasteiger partial charge is 0.198 e. The predicted molar refractivity (Wildman–Crippen MR) is 114 cm³/mol. The summed E-state index contributed by atoms with van der Waals surface area (Å²) < 4.78 is 51.2. The number of hydrogen-bond donors (Lipinski definition) is 0. The maximum Gasteiger partial charge on any atom is 0.292 e. The lowest BCUT2D eigenvalue weighted by Crippen LogP contribution is -2.11. The van der Waals surface area contributed by atoms with Crippen LogP contribution in [-0.2, 0) is 20.0 Å². The van der Waals surface area contributed by atoms with E-state index in [0.717, 1.165) is 38.4 Å². The Balaban J connectivity index is 0.000000161. The molecule has 148 valence electrons. The Morgan fingerprint density at radius 1 is 0.714 bits per heavy atom. The summed E-state index contributed by atoms with van der Waals surface area (Å²) in [5.41, 5.74) is 0. The number of thiophene rings is 2. The summed E-state index contributed by atoms with van der Waals surface area (Å²) in [5, 5.41) is 7.39. The van der Waals surface area contributed by atoms with Gasteiger partial charge in [0.2, 0.25) is 0 Å². The van der Waals surface area contributed by atoms with Crippen LogP contribution in [0.2, 0.25) is 0 Å². The molecule has 0 amide bonds. The van der Waals surface area contributed by atoms with Gasteiger partial charge in [-0.15, -0.1) is 22.7 Å². The van der Waals surface area contributed by atoms with Crippen LogP contribution in [-0.4, -0.2) is 35.2 Å². The Hall–Kier alpha value is -1.32. The molecule has 0 aliphatic heterocycles. The van der Waals surface area contributed by atoms with Crippen molar-refractivity contribution in [2.24, 2.45) is 0 Å². The van der Waals surface area contributed by atoms with Gasteiger partial charge in [-0.2, -0.15) is 35.2 Å². The molecule has 4 rings (SSSR count). The second-order valence-corrected chi connectivity index (χ2v) is 13.9. The first-order valence-electron chi connectivity index (χ1n) is 7.22. The first-order valence-corrected chi connectivity index (χ1v) is 13.3. The van der Waals surface area contributed by atoms with Gasteiger partial charge in [-0.1, -0.05) is 0 Å². The SMILES string of the molecule is O=S(=O)(c1ccc(Br)s1)n1cccn1.O=S(=O)(c1ccc(Br)s1)n1cccn1. The van der Waals surface area contributed by atoms with E-state index < -0.39 is 20.0 Å². The standard InChI is InChI=1S/2C7H5BrN2O2S2/c2*8-6-2-3-7(13-6)14(11,12)10-5-1-4-9-10/h2*1-5H. The molecule has 14 heteroatoms. The van der Waals surface area contributed by atoms with Crippen LogP contribution in [0.4, 0.5) is 0 Å². The summed E-state index contributed by atoms with van der Waals surface area (Å²) in [5.74, 6) is 0. The van der Waals surface area contributed by atoms with Gasteiger partial charge in [-0.3, -0.25) is 0 Å². The van der Waals surface area contributed by atoms with Crippen LogP contribution < -0.4 is 0 Å². The van der Waals surface area contributed by atoms with Crippen molar-refractivity contribution in [1.29, 1.82) is 0 Å². The molecule has 4 aromatic heterocycles. The Morgan fingerprint density at radius 3 is 1.36 bits per heavy atom. The second-order valence-electron chi connectivity index (χ2n) is 4.88. The van der Waals surface area contributed by atoms with Crippen molar-refractivity contribution in [3.8, 4) is 0 Å². The van der Waals surface area contributed by atoms with Gasteiger partial charge in [0, 0.05) is 12.4 Å². The van der Waals surface area contributed by atoms with Crippen LogP contribution in [0, 0.1) is 0 Å². The minimum Gasteiger partial charge on any atom is -0.198 e. The maximum absolute atomic E-state index is 11.8. The predicted octanol–water partition coefficient (Wildman–Crippen LogP) is 3.89. The molecule has 8 nitrogen and oxygen atoms in total. The molecule has 0 spiro atoms. The number of nitrogens with zero attached hydrogens (tertiary/aromatic N) is 4. The Labute approximate surface area is 185 Å². The summed E-state index contributed by atoms with van der Waals surface area (Å²) in [6, 6.07) is 9.63. The molecule has 0 bridgehead atoms. The molecule has 4 aromatic rings. The largest absolute Gasteiger partial charge is 0.292 e. The van der Waals surface area contributed by atoms with E-state index in [9.17, 15) is 16.8 Å². The van der Waals surface area contributed by atoms with Crippen molar-refractivity contribution in [1.82, 2.24) is 18.4 Å². The second kappa shape index (κ2) is 8.59. The van der Waals surface area contributed by atoms with Crippen molar-refractivity contribution < 1.29 is 16.8 Å². The average Bonchev–Trinajstić information content (AvgIpc) is 3.42. The van der Waals surface area contributed by atoms with Crippen molar-refractivity contribution in [2.75, 3.05) is 0 Å². The lowest BCUT2D eigenvalue weighted by atomic mass is 10.7. The van der Waals surface area contributed by atoms with Crippen LogP contribution in [0.1, 0.15) is 0 Å². The normalized spacial score (nSPS) is 11.8. The van der Waals surface area contributed by atoms with Gasteiger partial charge in [0.05, 0.1) is 20.0 Å². The van der Waals surface area contributed by atoms with E-state index in [1.54, 1.807) is 36.4 Å². The zero-order valence-corrected chi connectivity index (χ0v) is 20.0. The van der Waals surface area contributed by atoms with Gasteiger partial charge in [-0.05, 0) is 68.3 Å². The van der Waals surface area contributed by atoms with Crippen LogP contribution in [0.5, 0.6) is 0 Å². The lowest BCUT2D eigenvalue weighted by molar-refractivity contribution is 0.580. The van der Waals surface area contributed by atoms with Crippen LogP contribution in [0.15, 0.2) is 77.2 Å². The summed E-state index contributed by atoms with van der Waals surface area (Å²) in [7, 11) is -6.96. The zero-order chi connectivity index (χ0) is 20.4.